The van der Waals surface area contributed by atoms with Gasteiger partial charge < -0.3 is 73.9 Å². The number of esters is 1. The topological polar surface area (TPSA) is 216 Å². The predicted molar refractivity (Wildman–Crippen MR) is 247 cm³/mol. The van der Waals surface area contributed by atoms with Crippen LogP contribution in [0.15, 0.2) is 30.3 Å². The number of likely N-dealkylation sites (N-methyl/N-ethyl adjacent to an activating group) is 1. The van der Waals surface area contributed by atoms with Crippen molar-refractivity contribution in [2.75, 3.05) is 40.8 Å². The Morgan fingerprint density at radius 2 is 1.62 bits per heavy atom. The molecular formula is C49H85N3O14. The van der Waals surface area contributed by atoms with Crippen LogP contribution in [0.4, 0.5) is 4.79 Å². The molecule has 1 aromatic rings. The number of aliphatic hydroxyl groups is 4. The van der Waals surface area contributed by atoms with Crippen LogP contribution in [0, 0.1) is 17.8 Å². The highest BCUT2D eigenvalue weighted by Gasteiger charge is 2.58. The maximum atomic E-state index is 14.6. The second kappa shape index (κ2) is 23.9. The highest BCUT2D eigenvalue weighted by molar-refractivity contribution is 5.73. The Hall–Kier alpha value is -2.52. The Bertz CT molecular complexity index is 1660. The molecule has 3 saturated heterocycles. The smallest absolute Gasteiger partial charge is 0.459 e. The second-order valence-electron chi connectivity index (χ2n) is 20.3. The maximum Gasteiger partial charge on any atom is 0.509 e. The van der Waals surface area contributed by atoms with Crippen LogP contribution < -0.4 is 10.6 Å². The van der Waals surface area contributed by atoms with E-state index in [1.54, 1.807) is 48.5 Å². The molecule has 4 rings (SSSR count). The molecule has 17 heteroatoms. The van der Waals surface area contributed by atoms with Gasteiger partial charge in [-0.3, -0.25) is 4.79 Å². The summed E-state index contributed by atoms with van der Waals surface area (Å²) in [5, 5.41) is 55.0. The maximum absolute atomic E-state index is 14.6. The molecular weight excluding hydrogens is 855 g/mol. The Kier molecular flexibility index (Phi) is 20.3. The number of carbonyl (C=O) groups excluding carboxylic acids is 2. The van der Waals surface area contributed by atoms with Crippen molar-refractivity contribution in [3.63, 3.8) is 0 Å². The molecule has 1 aromatic carbocycles. The van der Waals surface area contributed by atoms with Gasteiger partial charge in [0.25, 0.3) is 0 Å². The van der Waals surface area contributed by atoms with Gasteiger partial charge in [0.15, 0.2) is 18.7 Å². The highest BCUT2D eigenvalue weighted by atomic mass is 16.8. The van der Waals surface area contributed by atoms with Gasteiger partial charge in [0.2, 0.25) is 0 Å². The van der Waals surface area contributed by atoms with Crippen LogP contribution in [0.2, 0.25) is 0 Å². The Balaban J connectivity index is 1.83. The molecule has 3 heterocycles. The van der Waals surface area contributed by atoms with Crippen molar-refractivity contribution in [2.24, 2.45) is 17.8 Å². The third kappa shape index (κ3) is 13.4. The first-order valence-electron chi connectivity index (χ1n) is 24.1. The minimum Gasteiger partial charge on any atom is -0.459 e. The second-order valence-corrected chi connectivity index (χ2v) is 20.3. The zero-order valence-electron chi connectivity index (χ0n) is 42.2. The molecule has 0 radical (unpaired) electrons. The predicted octanol–water partition coefficient (Wildman–Crippen LogP) is 4.29. The number of ether oxygens (including phenoxy) is 8. The Morgan fingerprint density at radius 3 is 2.23 bits per heavy atom. The zero-order valence-corrected chi connectivity index (χ0v) is 42.2. The first-order chi connectivity index (χ1) is 30.8. The van der Waals surface area contributed by atoms with Gasteiger partial charge in [0.05, 0.1) is 42.0 Å². The van der Waals surface area contributed by atoms with E-state index in [1.165, 1.54) is 14.0 Å². The molecule has 0 bridgehead atoms. The van der Waals surface area contributed by atoms with Crippen LogP contribution in [0.3, 0.4) is 0 Å². The lowest BCUT2D eigenvalue weighted by Crippen LogP contribution is -2.70. The summed E-state index contributed by atoms with van der Waals surface area (Å²) < 4.78 is 50.8. The SMILES string of the molecule is CCCNC[C@]1(O)[C@H](C)O[C@@H](O[C@@H]2[C@@H](C)[C@@H](O[C@@H]3O[C@H](C)C[C@H](N(C)C)[C@@H]3OC(=O)OCc3ccccc3)[C@@](C)(O)C[C@@H](C)CN[C@@H](C)[C@H](O)[C@](C)(O)[C@H](CC)OC(=O)[C@@H]2C)C[C@@]1(C)OC. The van der Waals surface area contributed by atoms with Crippen molar-refractivity contribution in [3.8, 4) is 0 Å². The first-order valence-corrected chi connectivity index (χ1v) is 24.1. The molecule has 66 heavy (non-hydrogen) atoms. The number of benzene rings is 1. The van der Waals surface area contributed by atoms with Crippen LogP contribution >= 0.6 is 0 Å². The zero-order chi connectivity index (χ0) is 49.4. The number of cyclic esters (lactones) is 1. The molecule has 0 spiro atoms. The van der Waals surface area contributed by atoms with E-state index in [-0.39, 0.29) is 44.4 Å². The van der Waals surface area contributed by atoms with Crippen LogP contribution in [0.5, 0.6) is 0 Å². The van der Waals surface area contributed by atoms with Crippen LogP contribution in [-0.4, -0.2) is 168 Å². The lowest BCUT2D eigenvalue weighted by atomic mass is 9.75. The summed E-state index contributed by atoms with van der Waals surface area (Å²) in [6.45, 7) is 20.7. The number of hydrogen-bond donors (Lipinski definition) is 6. The molecule has 17 nitrogen and oxygen atoms in total. The molecule has 3 aliphatic rings. The van der Waals surface area contributed by atoms with Gasteiger partial charge in [-0.2, -0.15) is 0 Å². The van der Waals surface area contributed by atoms with Gasteiger partial charge in [-0.1, -0.05) is 58.0 Å². The van der Waals surface area contributed by atoms with Gasteiger partial charge in [0, 0.05) is 32.0 Å². The normalized spacial score (nSPS) is 42.2. The van der Waals surface area contributed by atoms with E-state index in [2.05, 4.69) is 10.6 Å². The monoisotopic (exact) mass is 940 g/mol. The molecule has 6 N–H and O–H groups in total. The molecule has 3 aliphatic heterocycles. The molecule has 18 atom stereocenters. The minimum atomic E-state index is -1.85. The van der Waals surface area contributed by atoms with E-state index in [0.717, 1.165) is 12.0 Å². The van der Waals surface area contributed by atoms with Crippen molar-refractivity contribution in [3.05, 3.63) is 35.9 Å². The first kappa shape index (κ1) is 56.1. The summed E-state index contributed by atoms with van der Waals surface area (Å²) in [6, 6.07) is 8.21. The molecule has 3 fully saturated rings. The van der Waals surface area contributed by atoms with Crippen molar-refractivity contribution >= 4 is 12.1 Å². The summed E-state index contributed by atoms with van der Waals surface area (Å²) in [5.74, 6) is -2.92. The third-order valence-electron chi connectivity index (χ3n) is 14.4. The quantitative estimate of drug-likeness (QED) is 0.113. The van der Waals surface area contributed by atoms with Gasteiger partial charge in [0.1, 0.15) is 35.6 Å². The Labute approximate surface area is 393 Å². The third-order valence-corrected chi connectivity index (χ3v) is 14.4. The average Bonchev–Trinajstić information content (AvgIpc) is 3.26. The Morgan fingerprint density at radius 1 is 0.955 bits per heavy atom. The van der Waals surface area contributed by atoms with Crippen molar-refractivity contribution < 1.29 is 67.9 Å². The standard InChI is InChI=1S/C49H85N3O14/c1-15-22-50-28-49(58)34(8)62-38(25-47(49,10)59-14)64-39-31(5)42(46(9,56)24-29(3)26-51-33(7)41(53)48(11,57)37(16-2)63-43(54)32(39)6)66-44-40(36(52(12)13)23-30(4)61-44)65-45(55)60-27-35-20-18-17-19-21-35/h17-21,29-34,36-42,44,50-51,53,56-58H,15-16,22-28H2,1-14H3/t29-,30-,31-,32-,33+,34+,36+,37+,38+,39-,40+,41+,42-,44+,46+,47-,48-,49+/m1/s1. The number of aliphatic hydroxyl groups excluding tert-OH is 1. The molecule has 0 unspecified atom stereocenters. The summed E-state index contributed by atoms with van der Waals surface area (Å²) in [6.07, 6.45) is -8.42. The number of carbonyl (C=O) groups is 2. The molecule has 0 aliphatic carbocycles. The highest BCUT2D eigenvalue weighted by Crippen LogP contribution is 2.43. The molecule has 380 valence electrons. The number of rotatable bonds is 14. The van der Waals surface area contributed by atoms with E-state index in [0.29, 0.717) is 19.5 Å². The van der Waals surface area contributed by atoms with Crippen LogP contribution in [0.1, 0.15) is 114 Å². The molecule has 0 amide bonds. The lowest BCUT2D eigenvalue weighted by molar-refractivity contribution is -0.336. The number of nitrogens with one attached hydrogen (secondary N) is 2. The van der Waals surface area contributed by atoms with Crippen molar-refractivity contribution in [2.45, 2.75) is 205 Å². The summed E-state index contributed by atoms with van der Waals surface area (Å²) >= 11 is 0. The number of methoxy groups -OCH3 is 1. The largest absolute Gasteiger partial charge is 0.509 e. The van der Waals surface area contributed by atoms with Crippen LogP contribution in [-0.2, 0) is 49.3 Å². The van der Waals surface area contributed by atoms with Gasteiger partial charge in [-0.05, 0) is 113 Å². The minimum absolute atomic E-state index is 0.0182. The van der Waals surface area contributed by atoms with E-state index in [1.807, 2.05) is 70.1 Å². The lowest BCUT2D eigenvalue weighted by Gasteiger charge is -2.53. The van der Waals surface area contributed by atoms with Crippen LogP contribution in [0.25, 0.3) is 0 Å². The molecule has 0 aromatic heterocycles. The molecule has 0 saturated carbocycles. The fourth-order valence-corrected chi connectivity index (χ4v) is 10.2. The summed E-state index contributed by atoms with van der Waals surface area (Å²) in [5.41, 5.74) is -5.40. The van der Waals surface area contributed by atoms with Gasteiger partial charge >= 0.3 is 12.1 Å². The summed E-state index contributed by atoms with van der Waals surface area (Å²) in [4.78, 5) is 30.0. The van der Waals surface area contributed by atoms with E-state index >= 15 is 0 Å². The summed E-state index contributed by atoms with van der Waals surface area (Å²) in [7, 11) is 5.27. The van der Waals surface area contributed by atoms with E-state index in [4.69, 9.17) is 37.9 Å². The van der Waals surface area contributed by atoms with E-state index < -0.39 is 108 Å². The van der Waals surface area contributed by atoms with Gasteiger partial charge in [-0.15, -0.1) is 0 Å². The number of nitrogens with zero attached hydrogens (tertiary/aromatic N) is 1. The van der Waals surface area contributed by atoms with Crippen molar-refractivity contribution in [1.82, 2.24) is 15.5 Å². The number of hydrogen-bond acceptors (Lipinski definition) is 17. The average molecular weight is 940 g/mol. The van der Waals surface area contributed by atoms with Crippen molar-refractivity contribution in [1.29, 1.82) is 0 Å². The fraction of sp³-hybridized carbons (Fsp3) is 0.837. The van der Waals surface area contributed by atoms with E-state index in [9.17, 15) is 30.0 Å². The van der Waals surface area contributed by atoms with Gasteiger partial charge in [-0.25, -0.2) is 4.79 Å². The fourth-order valence-electron chi connectivity index (χ4n) is 10.2.